The predicted molar refractivity (Wildman–Crippen MR) is 125 cm³/mol. The van der Waals surface area contributed by atoms with E-state index in [1.54, 1.807) is 0 Å². The Morgan fingerprint density at radius 1 is 1.10 bits per heavy atom. The molecule has 1 fully saturated rings. The monoisotopic (exact) mass is 439 g/mol. The first-order chi connectivity index (χ1) is 15.2. The Hall–Kier alpha value is -2.64. The van der Waals surface area contributed by atoms with Crippen LogP contribution in [-0.2, 0) is 13.1 Å². The molecule has 0 radical (unpaired) electrons. The van der Waals surface area contributed by atoms with Gasteiger partial charge in [-0.15, -0.1) is 10.2 Å². The molecule has 1 aliphatic heterocycles. The van der Waals surface area contributed by atoms with E-state index >= 15 is 0 Å². The maximum absolute atomic E-state index is 6.32. The second kappa shape index (κ2) is 10.6. The fraction of sp³-hybridized carbons (Fsp3) is 0.435. The number of piperidine rings is 1. The minimum atomic E-state index is 0.483. The summed E-state index contributed by atoms with van der Waals surface area (Å²) < 4.78 is 1.97. The molecule has 164 valence electrons. The van der Waals surface area contributed by atoms with Crippen LogP contribution in [0.5, 0.6) is 0 Å². The van der Waals surface area contributed by atoms with E-state index in [0.29, 0.717) is 12.5 Å². The van der Waals surface area contributed by atoms with Crippen molar-refractivity contribution in [2.45, 2.75) is 32.9 Å². The number of pyridine rings is 1. The molecule has 2 aromatic heterocycles. The summed E-state index contributed by atoms with van der Waals surface area (Å²) in [4.78, 5) is 7.21. The third kappa shape index (κ3) is 5.74. The zero-order valence-electron chi connectivity index (χ0n) is 18.0. The van der Waals surface area contributed by atoms with Gasteiger partial charge in [0.15, 0.2) is 17.4 Å². The van der Waals surface area contributed by atoms with Crippen molar-refractivity contribution in [3.05, 3.63) is 65.1 Å². The standard InChI is InChI=1S/C23H30ClN7/c1-2-25-23(27-16-22-29-28-21-9-5-6-12-31(21)22)26-15-18-10-13-30(14-11-18)17-19-7-3-4-8-20(19)24/h3-9,12,18H,2,10-11,13-17H2,1H3,(H2,25,26,27). The second-order valence-corrected chi connectivity index (χ2v) is 8.34. The molecule has 1 aliphatic rings. The van der Waals surface area contributed by atoms with Crippen LogP contribution in [0.4, 0.5) is 0 Å². The number of aromatic nitrogens is 3. The van der Waals surface area contributed by atoms with Gasteiger partial charge in [-0.25, -0.2) is 4.99 Å². The number of benzene rings is 1. The number of nitrogens with zero attached hydrogens (tertiary/aromatic N) is 5. The quantitative estimate of drug-likeness (QED) is 0.436. The number of rotatable bonds is 7. The van der Waals surface area contributed by atoms with Gasteiger partial charge in [0.05, 0.1) is 0 Å². The fourth-order valence-corrected chi connectivity index (χ4v) is 4.14. The molecule has 0 atom stereocenters. The van der Waals surface area contributed by atoms with Crippen LogP contribution in [0, 0.1) is 5.92 Å². The number of aliphatic imine (C=N–C) groups is 1. The summed E-state index contributed by atoms with van der Waals surface area (Å²) in [6.07, 6.45) is 4.31. The highest BCUT2D eigenvalue weighted by Gasteiger charge is 2.20. The van der Waals surface area contributed by atoms with E-state index in [1.807, 2.05) is 40.9 Å². The van der Waals surface area contributed by atoms with Crippen molar-refractivity contribution in [1.82, 2.24) is 30.1 Å². The molecule has 1 aromatic carbocycles. The van der Waals surface area contributed by atoms with E-state index in [4.69, 9.17) is 16.6 Å². The van der Waals surface area contributed by atoms with Crippen LogP contribution < -0.4 is 10.6 Å². The smallest absolute Gasteiger partial charge is 0.191 e. The van der Waals surface area contributed by atoms with Gasteiger partial charge in [0, 0.05) is 30.9 Å². The molecule has 0 aliphatic carbocycles. The van der Waals surface area contributed by atoms with Crippen LogP contribution in [-0.4, -0.2) is 51.6 Å². The van der Waals surface area contributed by atoms with Gasteiger partial charge in [-0.2, -0.15) is 0 Å². The van der Waals surface area contributed by atoms with Gasteiger partial charge in [-0.1, -0.05) is 35.9 Å². The summed E-state index contributed by atoms with van der Waals surface area (Å²) in [6.45, 7) is 7.42. The Balaban J connectivity index is 1.27. The number of guanidine groups is 1. The minimum absolute atomic E-state index is 0.483. The summed E-state index contributed by atoms with van der Waals surface area (Å²) >= 11 is 6.32. The van der Waals surface area contributed by atoms with Crippen molar-refractivity contribution in [2.24, 2.45) is 10.9 Å². The molecule has 0 unspecified atom stereocenters. The Morgan fingerprint density at radius 3 is 2.71 bits per heavy atom. The number of hydrogen-bond donors (Lipinski definition) is 2. The summed E-state index contributed by atoms with van der Waals surface area (Å²) in [6, 6.07) is 14.0. The molecule has 3 heterocycles. The van der Waals surface area contributed by atoms with Crippen molar-refractivity contribution in [2.75, 3.05) is 26.2 Å². The summed E-state index contributed by atoms with van der Waals surface area (Å²) in [5.74, 6) is 2.30. The van der Waals surface area contributed by atoms with E-state index < -0.39 is 0 Å². The average Bonchev–Trinajstić information content (AvgIpc) is 3.21. The Labute approximate surface area is 188 Å². The van der Waals surface area contributed by atoms with Crippen LogP contribution in [0.2, 0.25) is 5.02 Å². The van der Waals surface area contributed by atoms with Crippen LogP contribution in [0.15, 0.2) is 53.7 Å². The molecule has 8 heteroatoms. The molecular formula is C23H30ClN7. The molecule has 4 rings (SSSR count). The zero-order valence-corrected chi connectivity index (χ0v) is 18.7. The molecule has 31 heavy (non-hydrogen) atoms. The lowest BCUT2D eigenvalue weighted by atomic mass is 9.96. The highest BCUT2D eigenvalue weighted by molar-refractivity contribution is 6.31. The lowest BCUT2D eigenvalue weighted by molar-refractivity contribution is 0.178. The molecule has 0 saturated carbocycles. The molecule has 0 spiro atoms. The van der Waals surface area contributed by atoms with Gasteiger partial charge in [-0.3, -0.25) is 9.30 Å². The predicted octanol–water partition coefficient (Wildman–Crippen LogP) is 3.35. The third-order valence-electron chi connectivity index (χ3n) is 5.72. The van der Waals surface area contributed by atoms with Crippen molar-refractivity contribution >= 4 is 23.2 Å². The Kier molecular flexibility index (Phi) is 7.38. The molecular weight excluding hydrogens is 410 g/mol. The van der Waals surface area contributed by atoms with Crippen LogP contribution >= 0.6 is 11.6 Å². The van der Waals surface area contributed by atoms with Crippen LogP contribution in [0.1, 0.15) is 31.2 Å². The minimum Gasteiger partial charge on any atom is -0.357 e. The molecule has 3 aromatic rings. The normalized spacial score (nSPS) is 16.0. The number of likely N-dealkylation sites (tertiary alicyclic amines) is 1. The molecule has 0 bridgehead atoms. The highest BCUT2D eigenvalue weighted by atomic mass is 35.5. The molecule has 0 amide bonds. The Bertz CT molecular complexity index is 1010. The van der Waals surface area contributed by atoms with E-state index in [0.717, 1.165) is 55.2 Å². The zero-order chi connectivity index (χ0) is 21.5. The van der Waals surface area contributed by atoms with E-state index in [1.165, 1.54) is 18.4 Å². The van der Waals surface area contributed by atoms with Gasteiger partial charge < -0.3 is 10.6 Å². The average molecular weight is 440 g/mol. The number of fused-ring (bicyclic) bond motifs is 1. The number of hydrogen-bond acceptors (Lipinski definition) is 4. The van der Waals surface area contributed by atoms with Crippen molar-refractivity contribution in [1.29, 1.82) is 0 Å². The van der Waals surface area contributed by atoms with Gasteiger partial charge in [0.1, 0.15) is 6.54 Å². The maximum atomic E-state index is 6.32. The summed E-state index contributed by atoms with van der Waals surface area (Å²) in [5, 5.41) is 16.2. The first-order valence-electron chi connectivity index (χ1n) is 11.0. The van der Waals surface area contributed by atoms with Crippen molar-refractivity contribution in [3.63, 3.8) is 0 Å². The van der Waals surface area contributed by atoms with E-state index in [9.17, 15) is 0 Å². The first-order valence-corrected chi connectivity index (χ1v) is 11.4. The lowest BCUT2D eigenvalue weighted by Crippen LogP contribution is -2.42. The molecule has 7 nitrogen and oxygen atoms in total. The van der Waals surface area contributed by atoms with Gasteiger partial charge in [0.25, 0.3) is 0 Å². The van der Waals surface area contributed by atoms with Crippen molar-refractivity contribution < 1.29 is 0 Å². The maximum Gasteiger partial charge on any atom is 0.191 e. The SMILES string of the molecule is CCNC(=NCc1nnc2ccccn12)NCC1CCN(Cc2ccccc2Cl)CC1. The fourth-order valence-electron chi connectivity index (χ4n) is 3.95. The van der Waals surface area contributed by atoms with Gasteiger partial charge in [0.2, 0.25) is 0 Å². The largest absolute Gasteiger partial charge is 0.357 e. The van der Waals surface area contributed by atoms with Gasteiger partial charge >= 0.3 is 0 Å². The number of halogens is 1. The Morgan fingerprint density at radius 2 is 1.90 bits per heavy atom. The van der Waals surface area contributed by atoms with E-state index in [-0.39, 0.29) is 0 Å². The molecule has 2 N–H and O–H groups in total. The summed E-state index contributed by atoms with van der Waals surface area (Å²) in [7, 11) is 0. The lowest BCUT2D eigenvalue weighted by Gasteiger charge is -2.32. The second-order valence-electron chi connectivity index (χ2n) is 7.93. The summed E-state index contributed by atoms with van der Waals surface area (Å²) in [5.41, 5.74) is 2.05. The highest BCUT2D eigenvalue weighted by Crippen LogP contribution is 2.22. The molecule has 1 saturated heterocycles. The first kappa shape index (κ1) is 21.6. The number of nitrogens with one attached hydrogen (secondary N) is 2. The third-order valence-corrected chi connectivity index (χ3v) is 6.09. The topological polar surface area (TPSA) is 69.8 Å². The van der Waals surface area contributed by atoms with Gasteiger partial charge in [-0.05, 0) is 62.5 Å². The van der Waals surface area contributed by atoms with Crippen LogP contribution in [0.25, 0.3) is 5.65 Å². The van der Waals surface area contributed by atoms with Crippen LogP contribution in [0.3, 0.4) is 0 Å². The van der Waals surface area contributed by atoms with Crippen molar-refractivity contribution in [3.8, 4) is 0 Å². The van der Waals surface area contributed by atoms with E-state index in [2.05, 4.69) is 44.8 Å².